The number of amides is 1. The van der Waals surface area contributed by atoms with E-state index in [4.69, 9.17) is 21.1 Å². The molecule has 6 heteroatoms. The third-order valence-electron chi connectivity index (χ3n) is 4.89. The second-order valence-electron chi connectivity index (χ2n) is 6.72. The van der Waals surface area contributed by atoms with Crippen molar-refractivity contribution in [2.45, 2.75) is 25.4 Å². The van der Waals surface area contributed by atoms with E-state index in [0.717, 1.165) is 37.5 Å². The summed E-state index contributed by atoms with van der Waals surface area (Å²) in [6.45, 7) is 2.80. The molecule has 1 saturated heterocycles. The van der Waals surface area contributed by atoms with E-state index in [9.17, 15) is 4.79 Å². The minimum absolute atomic E-state index is 0.123. The summed E-state index contributed by atoms with van der Waals surface area (Å²) < 4.78 is 10.5. The van der Waals surface area contributed by atoms with Crippen molar-refractivity contribution in [2.75, 3.05) is 27.3 Å². The van der Waals surface area contributed by atoms with Crippen LogP contribution in [0.5, 0.6) is 11.5 Å². The van der Waals surface area contributed by atoms with Gasteiger partial charge < -0.3 is 14.8 Å². The number of nitrogens with one attached hydrogen (secondary N) is 1. The number of carbonyl (C=O) groups excluding carboxylic acids is 1. The van der Waals surface area contributed by atoms with Crippen LogP contribution in [0.3, 0.4) is 0 Å². The molecule has 1 aliphatic rings. The molecule has 3 rings (SSSR count). The number of benzene rings is 2. The molecule has 0 atom stereocenters. The Bertz CT molecular complexity index is 771. The zero-order chi connectivity index (χ0) is 19.2. The molecule has 0 aromatic heterocycles. The van der Waals surface area contributed by atoms with Crippen LogP contribution in [0, 0.1) is 0 Å². The van der Waals surface area contributed by atoms with Crippen molar-refractivity contribution in [3.05, 3.63) is 58.6 Å². The van der Waals surface area contributed by atoms with E-state index in [1.165, 1.54) is 5.56 Å². The standard InChI is InChI=1S/C21H25ClN2O3/c1-26-18-7-8-20(27-2)19(13-18)21(25)23-17-9-11-24(12-10-17)14-15-3-5-16(22)6-4-15/h3-8,13,17H,9-12,14H2,1-2H3,(H,23,25). The summed E-state index contributed by atoms with van der Waals surface area (Å²) in [4.78, 5) is 15.1. The van der Waals surface area contributed by atoms with E-state index in [1.807, 2.05) is 12.1 Å². The van der Waals surface area contributed by atoms with Gasteiger partial charge in [-0.2, -0.15) is 0 Å². The van der Waals surface area contributed by atoms with E-state index in [2.05, 4.69) is 22.3 Å². The number of halogens is 1. The van der Waals surface area contributed by atoms with E-state index in [-0.39, 0.29) is 11.9 Å². The van der Waals surface area contributed by atoms with Gasteiger partial charge in [-0.1, -0.05) is 23.7 Å². The molecular weight excluding hydrogens is 364 g/mol. The van der Waals surface area contributed by atoms with Crippen LogP contribution in [0.1, 0.15) is 28.8 Å². The number of carbonyl (C=O) groups is 1. The van der Waals surface area contributed by atoms with Crippen LogP contribution in [0.25, 0.3) is 0 Å². The molecule has 1 N–H and O–H groups in total. The quantitative estimate of drug-likeness (QED) is 0.818. The average molecular weight is 389 g/mol. The van der Waals surface area contributed by atoms with E-state index >= 15 is 0 Å². The van der Waals surface area contributed by atoms with Crippen molar-refractivity contribution in [3.8, 4) is 11.5 Å². The summed E-state index contributed by atoms with van der Waals surface area (Å²) in [5.41, 5.74) is 1.75. The van der Waals surface area contributed by atoms with Gasteiger partial charge in [-0.15, -0.1) is 0 Å². The Labute approximate surface area is 165 Å². The van der Waals surface area contributed by atoms with Crippen molar-refractivity contribution >= 4 is 17.5 Å². The number of rotatable bonds is 6. The van der Waals surface area contributed by atoms with Crippen LogP contribution in [0.15, 0.2) is 42.5 Å². The number of likely N-dealkylation sites (tertiary alicyclic amines) is 1. The van der Waals surface area contributed by atoms with Gasteiger partial charge in [-0.05, 0) is 48.7 Å². The van der Waals surface area contributed by atoms with E-state index in [1.54, 1.807) is 32.4 Å². The number of piperidine rings is 1. The predicted octanol–water partition coefficient (Wildman–Crippen LogP) is 3.75. The SMILES string of the molecule is COc1ccc(OC)c(C(=O)NC2CCN(Cc3ccc(Cl)cc3)CC2)c1. The van der Waals surface area contributed by atoms with Crippen molar-refractivity contribution in [1.82, 2.24) is 10.2 Å². The number of ether oxygens (including phenoxy) is 2. The maximum atomic E-state index is 12.7. The van der Waals surface area contributed by atoms with Crippen LogP contribution in [-0.2, 0) is 6.54 Å². The Morgan fingerprint density at radius 3 is 2.44 bits per heavy atom. The minimum Gasteiger partial charge on any atom is -0.497 e. The number of hydrogen-bond donors (Lipinski definition) is 1. The Hall–Kier alpha value is -2.24. The summed E-state index contributed by atoms with van der Waals surface area (Å²) in [7, 11) is 3.15. The lowest BCUT2D eigenvalue weighted by molar-refractivity contribution is 0.0905. The highest BCUT2D eigenvalue weighted by Gasteiger charge is 2.23. The van der Waals surface area contributed by atoms with Crippen molar-refractivity contribution < 1.29 is 14.3 Å². The molecule has 0 spiro atoms. The van der Waals surface area contributed by atoms with E-state index < -0.39 is 0 Å². The smallest absolute Gasteiger partial charge is 0.255 e. The lowest BCUT2D eigenvalue weighted by atomic mass is 10.0. The fourth-order valence-corrected chi connectivity index (χ4v) is 3.46. The third-order valence-corrected chi connectivity index (χ3v) is 5.15. The number of methoxy groups -OCH3 is 2. The highest BCUT2D eigenvalue weighted by Crippen LogP contribution is 2.24. The van der Waals surface area contributed by atoms with Crippen LogP contribution < -0.4 is 14.8 Å². The summed E-state index contributed by atoms with van der Waals surface area (Å²) in [6, 6.07) is 13.4. The van der Waals surface area contributed by atoms with E-state index in [0.29, 0.717) is 17.1 Å². The Kier molecular flexibility index (Phi) is 6.58. The molecule has 0 aliphatic carbocycles. The molecule has 1 amide bonds. The van der Waals surface area contributed by atoms with Crippen LogP contribution >= 0.6 is 11.6 Å². The maximum Gasteiger partial charge on any atom is 0.255 e. The van der Waals surface area contributed by atoms with Crippen LogP contribution in [0.4, 0.5) is 0 Å². The molecule has 144 valence electrons. The van der Waals surface area contributed by atoms with Crippen molar-refractivity contribution in [2.24, 2.45) is 0 Å². The largest absolute Gasteiger partial charge is 0.497 e. The lowest BCUT2D eigenvalue weighted by Gasteiger charge is -2.32. The van der Waals surface area contributed by atoms with Crippen molar-refractivity contribution in [3.63, 3.8) is 0 Å². The highest BCUT2D eigenvalue weighted by atomic mass is 35.5. The fraction of sp³-hybridized carbons (Fsp3) is 0.381. The van der Waals surface area contributed by atoms with Crippen LogP contribution in [0.2, 0.25) is 5.02 Å². The molecule has 27 heavy (non-hydrogen) atoms. The molecule has 0 radical (unpaired) electrons. The van der Waals surface area contributed by atoms with Gasteiger partial charge in [-0.25, -0.2) is 0 Å². The molecule has 2 aromatic rings. The number of hydrogen-bond acceptors (Lipinski definition) is 4. The Morgan fingerprint density at radius 1 is 1.11 bits per heavy atom. The van der Waals surface area contributed by atoms with Crippen molar-refractivity contribution in [1.29, 1.82) is 0 Å². The first-order chi connectivity index (χ1) is 13.1. The maximum absolute atomic E-state index is 12.7. The minimum atomic E-state index is -0.123. The third kappa shape index (κ3) is 5.15. The first-order valence-electron chi connectivity index (χ1n) is 9.08. The fourth-order valence-electron chi connectivity index (χ4n) is 3.34. The molecule has 0 saturated carbocycles. The Balaban J connectivity index is 1.54. The van der Waals surface area contributed by atoms with Gasteiger partial charge in [0.1, 0.15) is 11.5 Å². The topological polar surface area (TPSA) is 50.8 Å². The molecule has 5 nitrogen and oxygen atoms in total. The van der Waals surface area contributed by atoms with Gasteiger partial charge >= 0.3 is 0 Å². The highest BCUT2D eigenvalue weighted by molar-refractivity contribution is 6.30. The first-order valence-corrected chi connectivity index (χ1v) is 9.46. The molecule has 0 unspecified atom stereocenters. The van der Waals surface area contributed by atoms with Gasteiger partial charge in [0.05, 0.1) is 19.8 Å². The van der Waals surface area contributed by atoms with Gasteiger partial charge in [0.25, 0.3) is 5.91 Å². The lowest BCUT2D eigenvalue weighted by Crippen LogP contribution is -2.44. The summed E-state index contributed by atoms with van der Waals surface area (Å²) in [5.74, 6) is 1.06. The second kappa shape index (κ2) is 9.11. The summed E-state index contributed by atoms with van der Waals surface area (Å²) >= 11 is 5.94. The normalized spacial score (nSPS) is 15.4. The predicted molar refractivity (Wildman–Crippen MR) is 107 cm³/mol. The zero-order valence-corrected chi connectivity index (χ0v) is 16.5. The monoisotopic (exact) mass is 388 g/mol. The van der Waals surface area contributed by atoms with Gasteiger partial charge in [-0.3, -0.25) is 9.69 Å². The number of nitrogens with zero attached hydrogens (tertiary/aromatic N) is 1. The molecular formula is C21H25ClN2O3. The van der Waals surface area contributed by atoms with Gasteiger partial charge in [0, 0.05) is 30.7 Å². The summed E-state index contributed by atoms with van der Waals surface area (Å²) in [6.07, 6.45) is 1.84. The van der Waals surface area contributed by atoms with Crippen LogP contribution in [-0.4, -0.2) is 44.2 Å². The summed E-state index contributed by atoms with van der Waals surface area (Å²) in [5, 5.41) is 3.89. The van der Waals surface area contributed by atoms with Gasteiger partial charge in [0.2, 0.25) is 0 Å². The molecule has 1 heterocycles. The molecule has 1 aliphatic heterocycles. The Morgan fingerprint density at radius 2 is 1.81 bits per heavy atom. The molecule has 2 aromatic carbocycles. The van der Waals surface area contributed by atoms with Gasteiger partial charge in [0.15, 0.2) is 0 Å². The second-order valence-corrected chi connectivity index (χ2v) is 7.15. The molecule has 1 fully saturated rings. The average Bonchev–Trinajstić information content (AvgIpc) is 2.70. The first kappa shape index (κ1) is 19.5. The zero-order valence-electron chi connectivity index (χ0n) is 15.7. The molecule has 0 bridgehead atoms.